The van der Waals surface area contributed by atoms with Crippen LogP contribution in [0, 0.1) is 5.92 Å². The van der Waals surface area contributed by atoms with Crippen LogP contribution in [0.15, 0.2) is 47.7 Å². The van der Waals surface area contributed by atoms with Gasteiger partial charge in [-0.25, -0.2) is 4.98 Å². The lowest BCUT2D eigenvalue weighted by molar-refractivity contribution is 0.0536. The van der Waals surface area contributed by atoms with Gasteiger partial charge in [-0.15, -0.1) is 0 Å². The fraction of sp³-hybridized carbons (Fsp3) is 0.565. The summed E-state index contributed by atoms with van der Waals surface area (Å²) >= 11 is 0. The number of hydrogen-bond acceptors (Lipinski definition) is 4. The van der Waals surface area contributed by atoms with Gasteiger partial charge in [-0.1, -0.05) is 30.3 Å². The molecule has 1 saturated heterocycles. The van der Waals surface area contributed by atoms with Gasteiger partial charge in [0.25, 0.3) is 0 Å². The van der Waals surface area contributed by atoms with Gasteiger partial charge in [0.2, 0.25) is 0 Å². The first-order chi connectivity index (χ1) is 14.8. The van der Waals surface area contributed by atoms with Crippen molar-refractivity contribution in [3.05, 3.63) is 54.1 Å². The predicted octanol–water partition coefficient (Wildman–Crippen LogP) is 2.42. The van der Waals surface area contributed by atoms with E-state index in [1.807, 2.05) is 18.5 Å². The van der Waals surface area contributed by atoms with Crippen LogP contribution in [0.1, 0.15) is 24.7 Å². The summed E-state index contributed by atoms with van der Waals surface area (Å²) in [6.07, 6.45) is 5.89. The Labute approximate surface area is 180 Å². The van der Waals surface area contributed by atoms with Gasteiger partial charge >= 0.3 is 0 Å². The summed E-state index contributed by atoms with van der Waals surface area (Å²) < 4.78 is 13.0. The lowest BCUT2D eigenvalue weighted by atomic mass is 10.1. The zero-order valence-electron chi connectivity index (χ0n) is 18.3. The van der Waals surface area contributed by atoms with E-state index in [4.69, 9.17) is 14.5 Å². The van der Waals surface area contributed by atoms with Crippen LogP contribution in [0.5, 0.6) is 0 Å². The Hall–Kier alpha value is -2.38. The molecule has 1 fully saturated rings. The van der Waals surface area contributed by atoms with Crippen molar-refractivity contribution >= 4 is 5.96 Å². The number of rotatable bonds is 11. The summed E-state index contributed by atoms with van der Waals surface area (Å²) in [6, 6.07) is 10.5. The number of likely N-dealkylation sites (tertiary alicyclic amines) is 1. The number of imidazole rings is 1. The molecule has 2 heterocycles. The smallest absolute Gasteiger partial charge is 0.193 e. The highest BCUT2D eigenvalue weighted by molar-refractivity contribution is 5.80. The molecule has 7 nitrogen and oxygen atoms in total. The molecule has 0 aliphatic carbocycles. The van der Waals surface area contributed by atoms with E-state index >= 15 is 0 Å². The highest BCUT2D eigenvalue weighted by Gasteiger charge is 2.24. The predicted molar refractivity (Wildman–Crippen MR) is 120 cm³/mol. The fourth-order valence-electron chi connectivity index (χ4n) is 3.73. The maximum absolute atomic E-state index is 5.72. The van der Waals surface area contributed by atoms with E-state index in [0.717, 1.165) is 64.0 Å². The molecule has 0 bridgehead atoms. The first-order valence-electron chi connectivity index (χ1n) is 10.9. The number of aromatic nitrogens is 2. The van der Waals surface area contributed by atoms with Gasteiger partial charge in [-0.05, 0) is 18.9 Å². The maximum Gasteiger partial charge on any atom is 0.193 e. The Bertz CT molecular complexity index is 762. The van der Waals surface area contributed by atoms with Crippen LogP contribution in [0.4, 0.5) is 0 Å². The fourth-order valence-corrected chi connectivity index (χ4v) is 3.73. The van der Waals surface area contributed by atoms with Crippen LogP contribution in [-0.4, -0.2) is 73.5 Å². The summed E-state index contributed by atoms with van der Waals surface area (Å²) in [6.45, 7) is 8.66. The second-order valence-electron chi connectivity index (χ2n) is 7.61. The van der Waals surface area contributed by atoms with Gasteiger partial charge < -0.3 is 24.3 Å². The van der Waals surface area contributed by atoms with Crippen molar-refractivity contribution in [1.82, 2.24) is 19.8 Å². The van der Waals surface area contributed by atoms with Crippen molar-refractivity contribution in [2.75, 3.05) is 53.1 Å². The number of hydrogen-bond donors (Lipinski definition) is 1. The standard InChI is InChI=1S/C23H35N5O2/c1-3-24-23(28-13-10-21(18-28)19-30-16-15-29-2)26-11-9-22-25-12-14-27(22)17-20-7-5-4-6-8-20/h4-8,12,14,21H,3,9-11,13,15-19H2,1-2H3,(H,24,26). The molecule has 30 heavy (non-hydrogen) atoms. The van der Waals surface area contributed by atoms with Gasteiger partial charge in [0.1, 0.15) is 5.82 Å². The zero-order chi connectivity index (χ0) is 21.0. The monoisotopic (exact) mass is 413 g/mol. The Morgan fingerprint density at radius 3 is 2.93 bits per heavy atom. The van der Waals surface area contributed by atoms with Crippen LogP contribution < -0.4 is 5.32 Å². The van der Waals surface area contributed by atoms with Gasteiger partial charge in [-0.3, -0.25) is 4.99 Å². The number of aliphatic imine (C=N–C) groups is 1. The number of nitrogens with one attached hydrogen (secondary N) is 1. The maximum atomic E-state index is 5.72. The minimum Gasteiger partial charge on any atom is -0.382 e. The van der Waals surface area contributed by atoms with E-state index in [9.17, 15) is 0 Å². The molecule has 1 aromatic heterocycles. The summed E-state index contributed by atoms with van der Waals surface area (Å²) in [5.41, 5.74) is 1.28. The summed E-state index contributed by atoms with van der Waals surface area (Å²) in [5, 5.41) is 3.44. The first kappa shape index (κ1) is 22.3. The van der Waals surface area contributed by atoms with Crippen LogP contribution in [-0.2, 0) is 22.4 Å². The van der Waals surface area contributed by atoms with E-state index in [1.165, 1.54) is 5.56 Å². The van der Waals surface area contributed by atoms with E-state index in [2.05, 4.69) is 51.0 Å². The third kappa shape index (κ3) is 6.85. The SMILES string of the molecule is CCNC(=NCCc1nccn1Cc1ccccc1)N1CCC(COCCOC)C1. The molecule has 3 rings (SSSR count). The third-order valence-electron chi connectivity index (χ3n) is 5.30. The minimum absolute atomic E-state index is 0.551. The third-order valence-corrected chi connectivity index (χ3v) is 5.30. The highest BCUT2D eigenvalue weighted by atomic mass is 16.5. The van der Waals surface area contributed by atoms with Crippen LogP contribution in [0.25, 0.3) is 0 Å². The largest absolute Gasteiger partial charge is 0.382 e. The van der Waals surface area contributed by atoms with E-state index in [1.54, 1.807) is 7.11 Å². The van der Waals surface area contributed by atoms with E-state index in [0.29, 0.717) is 19.1 Å². The number of methoxy groups -OCH3 is 1. The van der Waals surface area contributed by atoms with Crippen LogP contribution in [0.3, 0.4) is 0 Å². The first-order valence-corrected chi connectivity index (χ1v) is 10.9. The quantitative estimate of drug-likeness (QED) is 0.348. The highest BCUT2D eigenvalue weighted by Crippen LogP contribution is 2.17. The van der Waals surface area contributed by atoms with Crippen molar-refractivity contribution in [3.63, 3.8) is 0 Å². The lowest BCUT2D eigenvalue weighted by Crippen LogP contribution is -2.40. The van der Waals surface area contributed by atoms with Crippen LogP contribution in [0.2, 0.25) is 0 Å². The molecular formula is C23H35N5O2. The number of guanidine groups is 1. The Morgan fingerprint density at radius 2 is 2.13 bits per heavy atom. The van der Waals surface area contributed by atoms with Crippen LogP contribution >= 0.6 is 0 Å². The molecule has 0 amide bonds. The molecule has 1 atom stereocenters. The van der Waals surface area contributed by atoms with Crippen molar-refractivity contribution in [2.24, 2.45) is 10.9 Å². The Morgan fingerprint density at radius 1 is 1.27 bits per heavy atom. The second kappa shape index (κ2) is 12.3. The second-order valence-corrected chi connectivity index (χ2v) is 7.61. The molecule has 1 aliphatic heterocycles. The van der Waals surface area contributed by atoms with Crippen molar-refractivity contribution in [1.29, 1.82) is 0 Å². The van der Waals surface area contributed by atoms with Crippen molar-refractivity contribution < 1.29 is 9.47 Å². The molecule has 1 unspecified atom stereocenters. The number of benzene rings is 1. The normalized spacial score (nSPS) is 16.9. The molecule has 0 saturated carbocycles. The number of nitrogens with zero attached hydrogens (tertiary/aromatic N) is 4. The summed E-state index contributed by atoms with van der Waals surface area (Å²) in [5.74, 6) is 2.62. The molecule has 1 aromatic carbocycles. The summed E-state index contributed by atoms with van der Waals surface area (Å²) in [4.78, 5) is 11.8. The molecule has 0 radical (unpaired) electrons. The molecule has 2 aromatic rings. The van der Waals surface area contributed by atoms with Gasteiger partial charge in [-0.2, -0.15) is 0 Å². The van der Waals surface area contributed by atoms with E-state index < -0.39 is 0 Å². The Kier molecular flexibility index (Phi) is 9.18. The molecular weight excluding hydrogens is 378 g/mol. The van der Waals surface area contributed by atoms with Gasteiger partial charge in [0, 0.05) is 64.6 Å². The topological polar surface area (TPSA) is 63.9 Å². The Balaban J connectivity index is 1.50. The molecule has 0 spiro atoms. The van der Waals surface area contributed by atoms with E-state index in [-0.39, 0.29) is 0 Å². The average molecular weight is 414 g/mol. The molecule has 1 aliphatic rings. The molecule has 1 N–H and O–H groups in total. The zero-order valence-corrected chi connectivity index (χ0v) is 18.3. The minimum atomic E-state index is 0.551. The molecule has 7 heteroatoms. The van der Waals surface area contributed by atoms with Gasteiger partial charge in [0.05, 0.1) is 19.8 Å². The van der Waals surface area contributed by atoms with Crippen molar-refractivity contribution in [2.45, 2.75) is 26.3 Å². The molecule has 164 valence electrons. The van der Waals surface area contributed by atoms with Crippen molar-refractivity contribution in [3.8, 4) is 0 Å². The summed E-state index contributed by atoms with van der Waals surface area (Å²) in [7, 11) is 1.70. The number of ether oxygens (including phenoxy) is 2. The average Bonchev–Trinajstić information content (AvgIpc) is 3.41. The lowest BCUT2D eigenvalue weighted by Gasteiger charge is -2.21. The van der Waals surface area contributed by atoms with Gasteiger partial charge in [0.15, 0.2) is 5.96 Å².